The molecule has 3 atom stereocenters. The molecule has 1 aliphatic rings. The number of furan rings is 1. The van der Waals surface area contributed by atoms with Crippen LogP contribution in [-0.2, 0) is 4.79 Å². The van der Waals surface area contributed by atoms with E-state index in [4.69, 9.17) is 4.42 Å². The van der Waals surface area contributed by atoms with E-state index in [1.54, 1.807) is 12.3 Å². The van der Waals surface area contributed by atoms with Crippen molar-refractivity contribution in [3.8, 4) is 0 Å². The van der Waals surface area contributed by atoms with E-state index in [1.165, 1.54) is 6.07 Å². The lowest BCUT2D eigenvalue weighted by atomic mass is 10.1. The zero-order valence-corrected chi connectivity index (χ0v) is 11.6. The van der Waals surface area contributed by atoms with Crippen LogP contribution in [0.15, 0.2) is 41.0 Å². The SMILES string of the molecule is O=C(NCC(O)c1c(F)cccc1F)C1CC1c1ccco1. The zero-order chi connectivity index (χ0) is 15.7. The first-order valence-electron chi connectivity index (χ1n) is 7.01. The van der Waals surface area contributed by atoms with Crippen molar-refractivity contribution >= 4 is 5.91 Å². The summed E-state index contributed by atoms with van der Waals surface area (Å²) in [5, 5.41) is 12.4. The van der Waals surface area contributed by atoms with Crippen molar-refractivity contribution in [2.45, 2.75) is 18.4 Å². The number of aliphatic hydroxyl groups excluding tert-OH is 1. The van der Waals surface area contributed by atoms with Gasteiger partial charge in [0.05, 0.1) is 11.8 Å². The molecule has 0 spiro atoms. The molecular formula is C16H15F2NO3. The van der Waals surface area contributed by atoms with Crippen LogP contribution in [0.1, 0.15) is 29.8 Å². The van der Waals surface area contributed by atoms with Gasteiger partial charge in [0.1, 0.15) is 23.5 Å². The van der Waals surface area contributed by atoms with E-state index >= 15 is 0 Å². The topological polar surface area (TPSA) is 62.5 Å². The van der Waals surface area contributed by atoms with Crippen LogP contribution in [0.3, 0.4) is 0 Å². The summed E-state index contributed by atoms with van der Waals surface area (Å²) < 4.78 is 32.3. The minimum atomic E-state index is -1.43. The number of nitrogens with one attached hydrogen (secondary N) is 1. The molecule has 3 unspecified atom stereocenters. The molecule has 0 saturated heterocycles. The lowest BCUT2D eigenvalue weighted by Gasteiger charge is -2.13. The Balaban J connectivity index is 1.56. The Hall–Kier alpha value is -2.21. The number of hydrogen-bond acceptors (Lipinski definition) is 3. The number of aliphatic hydroxyl groups is 1. The summed E-state index contributed by atoms with van der Waals surface area (Å²) in [6.07, 6.45) is 0.794. The van der Waals surface area contributed by atoms with Gasteiger partial charge in [-0.05, 0) is 30.7 Å². The minimum absolute atomic E-state index is 0.0392. The normalized spacial score (nSPS) is 21.4. The van der Waals surface area contributed by atoms with E-state index in [0.717, 1.165) is 17.9 Å². The maximum Gasteiger partial charge on any atom is 0.223 e. The summed E-state index contributed by atoms with van der Waals surface area (Å²) in [6.45, 7) is -0.238. The third kappa shape index (κ3) is 2.87. The Kier molecular flexibility index (Phi) is 3.94. The van der Waals surface area contributed by atoms with Crippen LogP contribution >= 0.6 is 0 Å². The smallest absolute Gasteiger partial charge is 0.223 e. The van der Waals surface area contributed by atoms with Crippen LogP contribution in [0.5, 0.6) is 0 Å². The van der Waals surface area contributed by atoms with E-state index in [1.807, 2.05) is 6.07 Å². The van der Waals surface area contributed by atoms with Crippen LogP contribution < -0.4 is 5.32 Å². The quantitative estimate of drug-likeness (QED) is 0.892. The first-order chi connectivity index (χ1) is 10.6. The van der Waals surface area contributed by atoms with E-state index in [2.05, 4.69) is 5.32 Å². The molecule has 2 aromatic rings. The molecule has 1 aliphatic carbocycles. The number of amides is 1. The first kappa shape index (κ1) is 14.7. The molecule has 1 aromatic heterocycles. The Morgan fingerprint density at radius 3 is 2.68 bits per heavy atom. The van der Waals surface area contributed by atoms with E-state index in [-0.39, 0.29) is 24.3 Å². The highest BCUT2D eigenvalue weighted by molar-refractivity contribution is 5.82. The second kappa shape index (κ2) is 5.88. The second-order valence-corrected chi connectivity index (χ2v) is 5.36. The second-order valence-electron chi connectivity index (χ2n) is 5.36. The lowest BCUT2D eigenvalue weighted by Crippen LogP contribution is -2.30. The Morgan fingerprint density at radius 1 is 1.32 bits per heavy atom. The van der Waals surface area contributed by atoms with Gasteiger partial charge in [-0.1, -0.05) is 6.07 Å². The van der Waals surface area contributed by atoms with E-state index in [9.17, 15) is 18.7 Å². The highest BCUT2D eigenvalue weighted by Crippen LogP contribution is 2.47. The molecule has 3 rings (SSSR count). The standard InChI is InChI=1S/C16H15F2NO3/c17-11-3-1-4-12(18)15(11)13(20)8-19-16(21)10-7-9(10)14-5-2-6-22-14/h1-6,9-10,13,20H,7-8H2,(H,19,21). The summed E-state index contributed by atoms with van der Waals surface area (Å²) >= 11 is 0. The van der Waals surface area contributed by atoms with Crippen molar-refractivity contribution in [3.63, 3.8) is 0 Å². The van der Waals surface area contributed by atoms with Crippen LogP contribution in [-0.4, -0.2) is 17.6 Å². The predicted octanol–water partition coefficient (Wildman–Crippen LogP) is 2.51. The molecular weight excluding hydrogens is 292 g/mol. The minimum Gasteiger partial charge on any atom is -0.469 e. The zero-order valence-electron chi connectivity index (χ0n) is 11.6. The summed E-state index contributed by atoms with van der Waals surface area (Å²) in [5.41, 5.74) is -0.429. The predicted molar refractivity (Wildman–Crippen MR) is 73.9 cm³/mol. The van der Waals surface area contributed by atoms with Crippen LogP contribution in [0.25, 0.3) is 0 Å². The average molecular weight is 307 g/mol. The number of carbonyl (C=O) groups is 1. The lowest BCUT2D eigenvalue weighted by molar-refractivity contribution is -0.122. The molecule has 0 bridgehead atoms. The van der Waals surface area contributed by atoms with Crippen molar-refractivity contribution < 1.29 is 23.1 Å². The van der Waals surface area contributed by atoms with Crippen LogP contribution in [0.4, 0.5) is 8.78 Å². The first-order valence-corrected chi connectivity index (χ1v) is 7.01. The van der Waals surface area contributed by atoms with Gasteiger partial charge >= 0.3 is 0 Å². The van der Waals surface area contributed by atoms with Crippen LogP contribution in [0, 0.1) is 17.6 Å². The monoisotopic (exact) mass is 307 g/mol. The number of rotatable bonds is 5. The molecule has 6 heteroatoms. The number of benzene rings is 1. The van der Waals surface area contributed by atoms with Crippen molar-refractivity contribution in [1.29, 1.82) is 0 Å². The van der Waals surface area contributed by atoms with Crippen LogP contribution in [0.2, 0.25) is 0 Å². The van der Waals surface area contributed by atoms with Gasteiger partial charge in [-0.15, -0.1) is 0 Å². The number of halogens is 2. The highest BCUT2D eigenvalue weighted by Gasteiger charge is 2.45. The molecule has 1 heterocycles. The van der Waals surface area contributed by atoms with Gasteiger partial charge < -0.3 is 14.8 Å². The Morgan fingerprint density at radius 2 is 2.05 bits per heavy atom. The van der Waals surface area contributed by atoms with Gasteiger partial charge in [0, 0.05) is 18.4 Å². The fourth-order valence-electron chi connectivity index (χ4n) is 2.56. The van der Waals surface area contributed by atoms with Crippen molar-refractivity contribution in [3.05, 3.63) is 59.6 Å². The maximum atomic E-state index is 13.5. The van der Waals surface area contributed by atoms with E-state index < -0.39 is 23.3 Å². The maximum absolute atomic E-state index is 13.5. The fraction of sp³-hybridized carbons (Fsp3) is 0.312. The summed E-state index contributed by atoms with van der Waals surface area (Å²) in [5.74, 6) is -1.34. The molecule has 4 nitrogen and oxygen atoms in total. The number of hydrogen-bond donors (Lipinski definition) is 2. The molecule has 22 heavy (non-hydrogen) atoms. The third-order valence-corrected chi connectivity index (χ3v) is 3.84. The Bertz CT molecular complexity index is 652. The molecule has 1 fully saturated rings. The molecule has 0 radical (unpaired) electrons. The molecule has 116 valence electrons. The highest BCUT2D eigenvalue weighted by atomic mass is 19.1. The van der Waals surface area contributed by atoms with Gasteiger partial charge in [-0.25, -0.2) is 8.78 Å². The van der Waals surface area contributed by atoms with Gasteiger partial charge in [0.2, 0.25) is 5.91 Å². The molecule has 0 aliphatic heterocycles. The summed E-state index contributed by atoms with van der Waals surface area (Å²) in [4.78, 5) is 12.0. The summed E-state index contributed by atoms with van der Waals surface area (Å²) in [7, 11) is 0. The molecule has 1 amide bonds. The average Bonchev–Trinajstić information content (AvgIpc) is 3.10. The van der Waals surface area contributed by atoms with Crippen molar-refractivity contribution in [2.75, 3.05) is 6.54 Å². The van der Waals surface area contributed by atoms with Gasteiger partial charge in [0.25, 0.3) is 0 Å². The van der Waals surface area contributed by atoms with Gasteiger partial charge in [-0.2, -0.15) is 0 Å². The largest absolute Gasteiger partial charge is 0.469 e. The third-order valence-electron chi connectivity index (χ3n) is 3.84. The van der Waals surface area contributed by atoms with E-state index in [0.29, 0.717) is 6.42 Å². The molecule has 1 aromatic carbocycles. The van der Waals surface area contributed by atoms with Gasteiger partial charge in [-0.3, -0.25) is 4.79 Å². The molecule has 2 N–H and O–H groups in total. The number of carbonyl (C=O) groups excluding carboxylic acids is 1. The molecule has 1 saturated carbocycles. The van der Waals surface area contributed by atoms with Crippen molar-refractivity contribution in [1.82, 2.24) is 5.32 Å². The fourth-order valence-corrected chi connectivity index (χ4v) is 2.56. The van der Waals surface area contributed by atoms with Gasteiger partial charge in [0.15, 0.2) is 0 Å². The summed E-state index contributed by atoms with van der Waals surface area (Å²) in [6, 6.07) is 6.92. The Labute approximate surface area is 125 Å². The van der Waals surface area contributed by atoms with Crippen molar-refractivity contribution in [2.24, 2.45) is 5.92 Å².